The number of carbonyl (C=O) groups is 2. The number of nitrogens with zero attached hydrogens (tertiary/aromatic N) is 3. The fourth-order valence-electron chi connectivity index (χ4n) is 4.19. The zero-order valence-corrected chi connectivity index (χ0v) is 24.4. The van der Waals surface area contributed by atoms with Gasteiger partial charge in [0.1, 0.15) is 10.8 Å². The lowest BCUT2D eigenvalue weighted by Crippen LogP contribution is -2.35. The predicted octanol–water partition coefficient (Wildman–Crippen LogP) is 5.96. The number of anilines is 1. The van der Waals surface area contributed by atoms with E-state index in [0.29, 0.717) is 28.7 Å². The Morgan fingerprint density at radius 1 is 0.884 bits per heavy atom. The molecule has 1 heterocycles. The number of carbonyl (C=O) groups excluding carboxylic acids is 2. The van der Waals surface area contributed by atoms with Crippen LogP contribution in [0.2, 0.25) is 0 Å². The molecule has 0 fully saturated rings. The highest BCUT2D eigenvalue weighted by atomic mass is 32.1. The number of benzene rings is 3. The fraction of sp³-hybridized carbons (Fsp3) is 0.267. The molecule has 43 heavy (non-hydrogen) atoms. The average Bonchev–Trinajstić information content (AvgIpc) is 3.48. The van der Waals surface area contributed by atoms with Crippen molar-refractivity contribution in [2.45, 2.75) is 19.0 Å². The van der Waals surface area contributed by atoms with E-state index < -0.39 is 23.6 Å². The minimum Gasteiger partial charge on any atom is -0.497 e. The summed E-state index contributed by atoms with van der Waals surface area (Å²) in [5.41, 5.74) is 0.516. The van der Waals surface area contributed by atoms with Crippen LogP contribution in [0.5, 0.6) is 17.2 Å². The molecule has 226 valence electrons. The summed E-state index contributed by atoms with van der Waals surface area (Å²) in [6, 6.07) is 16.7. The van der Waals surface area contributed by atoms with Crippen LogP contribution in [0.25, 0.3) is 10.6 Å². The van der Waals surface area contributed by atoms with Gasteiger partial charge in [-0.15, -0.1) is 10.2 Å². The van der Waals surface area contributed by atoms with E-state index in [-0.39, 0.29) is 30.2 Å². The summed E-state index contributed by atoms with van der Waals surface area (Å²) in [5.74, 6) is 0.625. The molecule has 2 amide bonds. The Kier molecular flexibility index (Phi) is 10.2. The van der Waals surface area contributed by atoms with Gasteiger partial charge in [0.05, 0.1) is 26.9 Å². The molecule has 0 saturated heterocycles. The van der Waals surface area contributed by atoms with Crippen molar-refractivity contribution < 1.29 is 37.0 Å². The molecular weight excluding hydrogens is 585 g/mol. The van der Waals surface area contributed by atoms with Gasteiger partial charge in [-0.2, -0.15) is 13.2 Å². The normalized spacial score (nSPS) is 11.1. The maximum Gasteiger partial charge on any atom is 0.416 e. The second-order valence-corrected chi connectivity index (χ2v) is 10.2. The van der Waals surface area contributed by atoms with Gasteiger partial charge in [0, 0.05) is 30.6 Å². The Balaban J connectivity index is 1.47. The van der Waals surface area contributed by atoms with Crippen LogP contribution in [0.4, 0.5) is 18.3 Å². The molecular formula is C30H29F3N4O5S. The average molecular weight is 615 g/mol. The summed E-state index contributed by atoms with van der Waals surface area (Å²) in [5, 5.41) is 11.7. The summed E-state index contributed by atoms with van der Waals surface area (Å²) in [6.07, 6.45) is -4.37. The molecule has 0 radical (unpaired) electrons. The molecule has 1 aromatic heterocycles. The molecule has 4 aromatic rings. The van der Waals surface area contributed by atoms with E-state index in [1.165, 1.54) is 42.6 Å². The molecule has 0 aliphatic rings. The molecule has 0 bridgehead atoms. The second kappa shape index (κ2) is 14.0. The maximum absolute atomic E-state index is 13.4. The van der Waals surface area contributed by atoms with Crippen molar-refractivity contribution in [1.29, 1.82) is 0 Å². The zero-order valence-electron chi connectivity index (χ0n) is 23.6. The van der Waals surface area contributed by atoms with Crippen LogP contribution in [0, 0.1) is 0 Å². The molecule has 9 nitrogen and oxygen atoms in total. The highest BCUT2D eigenvalue weighted by Gasteiger charge is 2.31. The molecule has 4 rings (SSSR count). The number of methoxy groups -OCH3 is 3. The predicted molar refractivity (Wildman–Crippen MR) is 156 cm³/mol. The SMILES string of the molecule is COc1cccc(-c2nnc(NC(=O)CCN(CCc3ccc(OC)c(OC)c3)C(=O)c3cccc(C(F)(F)F)c3)s2)c1. The highest BCUT2D eigenvalue weighted by molar-refractivity contribution is 7.18. The van der Waals surface area contributed by atoms with Crippen molar-refractivity contribution in [2.75, 3.05) is 39.7 Å². The number of rotatable bonds is 12. The number of alkyl halides is 3. The molecule has 0 atom stereocenters. The third-order valence-corrected chi connectivity index (χ3v) is 7.33. The quantitative estimate of drug-likeness (QED) is 0.210. The lowest BCUT2D eigenvalue weighted by Gasteiger charge is -2.23. The van der Waals surface area contributed by atoms with Crippen molar-refractivity contribution in [1.82, 2.24) is 15.1 Å². The van der Waals surface area contributed by atoms with Gasteiger partial charge in [0.15, 0.2) is 11.5 Å². The molecule has 1 N–H and O–H groups in total. The van der Waals surface area contributed by atoms with Crippen molar-refractivity contribution in [3.63, 3.8) is 0 Å². The summed E-state index contributed by atoms with van der Waals surface area (Å²) < 4.78 is 55.8. The molecule has 0 spiro atoms. The number of hydrogen-bond acceptors (Lipinski definition) is 8. The number of halogens is 3. The van der Waals surface area contributed by atoms with E-state index in [2.05, 4.69) is 15.5 Å². The summed E-state index contributed by atoms with van der Waals surface area (Å²) in [6.45, 7) is 0.0897. The van der Waals surface area contributed by atoms with Crippen molar-refractivity contribution >= 4 is 28.3 Å². The lowest BCUT2D eigenvalue weighted by molar-refractivity contribution is -0.137. The van der Waals surface area contributed by atoms with Gasteiger partial charge < -0.3 is 24.4 Å². The van der Waals surface area contributed by atoms with Gasteiger partial charge >= 0.3 is 6.18 Å². The molecule has 13 heteroatoms. The van der Waals surface area contributed by atoms with Crippen LogP contribution in [-0.2, 0) is 17.4 Å². The monoisotopic (exact) mass is 614 g/mol. The smallest absolute Gasteiger partial charge is 0.416 e. The van der Waals surface area contributed by atoms with Gasteiger partial charge in [-0.1, -0.05) is 35.6 Å². The first kappa shape index (κ1) is 31.3. The molecule has 0 saturated carbocycles. The molecule has 0 unspecified atom stereocenters. The molecule has 0 aliphatic heterocycles. The van der Waals surface area contributed by atoms with E-state index in [1.807, 2.05) is 12.1 Å². The number of nitrogens with one attached hydrogen (secondary N) is 1. The van der Waals surface area contributed by atoms with E-state index in [4.69, 9.17) is 14.2 Å². The van der Waals surface area contributed by atoms with Crippen molar-refractivity contribution in [3.05, 3.63) is 83.4 Å². The van der Waals surface area contributed by atoms with Gasteiger partial charge in [-0.3, -0.25) is 9.59 Å². The van der Waals surface area contributed by atoms with Crippen molar-refractivity contribution in [3.8, 4) is 27.8 Å². The molecule has 3 aromatic carbocycles. The van der Waals surface area contributed by atoms with E-state index in [0.717, 1.165) is 23.3 Å². The van der Waals surface area contributed by atoms with Crippen LogP contribution >= 0.6 is 11.3 Å². The third-order valence-electron chi connectivity index (χ3n) is 6.44. The summed E-state index contributed by atoms with van der Waals surface area (Å²) in [4.78, 5) is 27.6. The summed E-state index contributed by atoms with van der Waals surface area (Å²) in [7, 11) is 4.57. The highest BCUT2D eigenvalue weighted by Crippen LogP contribution is 2.31. The topological polar surface area (TPSA) is 103 Å². The Hall–Kier alpha value is -4.65. The first-order chi connectivity index (χ1) is 20.6. The third kappa shape index (κ3) is 8.22. The largest absolute Gasteiger partial charge is 0.497 e. The Morgan fingerprint density at radius 3 is 2.37 bits per heavy atom. The minimum atomic E-state index is -4.61. The van der Waals surface area contributed by atoms with Crippen LogP contribution in [0.15, 0.2) is 66.7 Å². The van der Waals surface area contributed by atoms with E-state index in [1.54, 1.807) is 37.4 Å². The number of hydrogen-bond donors (Lipinski definition) is 1. The molecule has 0 aliphatic carbocycles. The first-order valence-electron chi connectivity index (χ1n) is 13.1. The maximum atomic E-state index is 13.4. The van der Waals surface area contributed by atoms with Gasteiger partial charge in [0.2, 0.25) is 11.0 Å². The standard InChI is InChI=1S/C30H29F3N4O5S/c1-40-23-9-5-6-20(18-23)27-35-36-29(43-27)34-26(38)13-15-37(14-12-19-10-11-24(41-2)25(16-19)42-3)28(39)21-7-4-8-22(17-21)30(31,32)33/h4-11,16-18H,12-15H2,1-3H3,(H,34,36,38). The first-order valence-corrected chi connectivity index (χ1v) is 13.9. The number of aromatic nitrogens is 2. The number of ether oxygens (including phenoxy) is 3. The van der Waals surface area contributed by atoms with Crippen LogP contribution in [0.3, 0.4) is 0 Å². The minimum absolute atomic E-state index is 0.0459. The van der Waals surface area contributed by atoms with Crippen molar-refractivity contribution in [2.24, 2.45) is 0 Å². The Bertz CT molecular complexity index is 1580. The zero-order chi connectivity index (χ0) is 31.0. The Morgan fingerprint density at radius 2 is 1.65 bits per heavy atom. The van der Waals surface area contributed by atoms with E-state index in [9.17, 15) is 22.8 Å². The summed E-state index contributed by atoms with van der Waals surface area (Å²) >= 11 is 1.17. The Labute approximate surface area is 250 Å². The van der Waals surface area contributed by atoms with Gasteiger partial charge in [0.25, 0.3) is 5.91 Å². The van der Waals surface area contributed by atoms with Crippen LogP contribution in [0.1, 0.15) is 27.9 Å². The second-order valence-electron chi connectivity index (χ2n) is 9.25. The van der Waals surface area contributed by atoms with Crippen LogP contribution in [-0.4, -0.2) is 61.3 Å². The fourth-order valence-corrected chi connectivity index (χ4v) is 4.95. The lowest BCUT2D eigenvalue weighted by atomic mass is 10.1. The number of amides is 2. The van der Waals surface area contributed by atoms with Gasteiger partial charge in [-0.05, 0) is 54.4 Å². The van der Waals surface area contributed by atoms with E-state index >= 15 is 0 Å². The van der Waals surface area contributed by atoms with Gasteiger partial charge in [-0.25, -0.2) is 0 Å². The van der Waals surface area contributed by atoms with Crippen LogP contribution < -0.4 is 19.5 Å².